The summed E-state index contributed by atoms with van der Waals surface area (Å²) < 4.78 is 0. The van der Waals surface area contributed by atoms with E-state index in [9.17, 15) is 4.79 Å². The van der Waals surface area contributed by atoms with Crippen molar-refractivity contribution in [3.05, 3.63) is 16.1 Å². The number of nitrogens with one attached hydrogen (secondary N) is 2. The van der Waals surface area contributed by atoms with Gasteiger partial charge in [0.2, 0.25) is 5.91 Å². The van der Waals surface area contributed by atoms with Crippen LogP contribution < -0.4 is 10.6 Å². The molecule has 0 spiro atoms. The summed E-state index contributed by atoms with van der Waals surface area (Å²) in [5.74, 6) is 1.25. The van der Waals surface area contributed by atoms with Gasteiger partial charge in [0.15, 0.2) is 5.96 Å². The van der Waals surface area contributed by atoms with Gasteiger partial charge in [-0.25, -0.2) is 4.98 Å². The number of hydrogen-bond acceptors (Lipinski definition) is 4. The molecular weight excluding hydrogens is 286 g/mol. The Balaban J connectivity index is 1.70. The molecule has 7 heteroatoms. The van der Waals surface area contributed by atoms with E-state index in [1.54, 1.807) is 18.4 Å². The summed E-state index contributed by atoms with van der Waals surface area (Å²) in [4.78, 5) is 22.2. The van der Waals surface area contributed by atoms with E-state index in [0.717, 1.165) is 36.0 Å². The fourth-order valence-corrected chi connectivity index (χ4v) is 2.64. The zero-order valence-electron chi connectivity index (χ0n) is 12.8. The van der Waals surface area contributed by atoms with Crippen LogP contribution in [0.4, 0.5) is 0 Å². The summed E-state index contributed by atoms with van der Waals surface area (Å²) in [6.07, 6.45) is 2.08. The number of hydrogen-bond donors (Lipinski definition) is 2. The summed E-state index contributed by atoms with van der Waals surface area (Å²) in [6.45, 7) is 4.02. The van der Waals surface area contributed by atoms with E-state index in [0.29, 0.717) is 13.1 Å². The van der Waals surface area contributed by atoms with Crippen molar-refractivity contribution in [3.63, 3.8) is 0 Å². The molecule has 0 aromatic carbocycles. The van der Waals surface area contributed by atoms with Crippen LogP contribution in [0.1, 0.15) is 23.5 Å². The van der Waals surface area contributed by atoms with Crippen LogP contribution in [0, 0.1) is 12.8 Å². The predicted octanol–water partition coefficient (Wildman–Crippen LogP) is 0.985. The number of aliphatic imine (C=N–C) groups is 1. The third kappa shape index (κ3) is 5.00. The number of rotatable bonds is 6. The van der Waals surface area contributed by atoms with Crippen molar-refractivity contribution in [2.24, 2.45) is 10.9 Å². The normalized spacial score (nSPS) is 14.9. The summed E-state index contributed by atoms with van der Waals surface area (Å²) in [5.41, 5.74) is 1.05. The Morgan fingerprint density at radius 1 is 1.48 bits per heavy atom. The van der Waals surface area contributed by atoms with Crippen LogP contribution in [0.25, 0.3) is 0 Å². The molecule has 2 rings (SSSR count). The lowest BCUT2D eigenvalue weighted by Crippen LogP contribution is -2.42. The van der Waals surface area contributed by atoms with Gasteiger partial charge in [0.05, 0.1) is 17.2 Å². The molecule has 0 saturated heterocycles. The second-order valence-electron chi connectivity index (χ2n) is 5.25. The van der Waals surface area contributed by atoms with Crippen LogP contribution in [0.3, 0.4) is 0 Å². The average molecular weight is 309 g/mol. The van der Waals surface area contributed by atoms with Crippen LogP contribution in [-0.4, -0.2) is 48.9 Å². The number of guanidine groups is 1. The van der Waals surface area contributed by atoms with E-state index in [-0.39, 0.29) is 11.8 Å². The highest BCUT2D eigenvalue weighted by atomic mass is 32.1. The van der Waals surface area contributed by atoms with Gasteiger partial charge in [-0.2, -0.15) is 0 Å². The van der Waals surface area contributed by atoms with Crippen molar-refractivity contribution >= 4 is 23.2 Å². The second kappa shape index (κ2) is 7.40. The topological polar surface area (TPSA) is 69.6 Å². The van der Waals surface area contributed by atoms with Crippen molar-refractivity contribution in [1.82, 2.24) is 20.5 Å². The van der Waals surface area contributed by atoms with Crippen molar-refractivity contribution in [2.75, 3.05) is 27.2 Å². The first-order valence-corrected chi connectivity index (χ1v) is 8.08. The number of aromatic nitrogens is 1. The molecule has 1 amide bonds. The molecule has 1 fully saturated rings. The molecule has 1 aliphatic rings. The molecule has 2 N–H and O–H groups in total. The van der Waals surface area contributed by atoms with Gasteiger partial charge in [-0.1, -0.05) is 0 Å². The zero-order chi connectivity index (χ0) is 15.2. The summed E-state index contributed by atoms with van der Waals surface area (Å²) in [6, 6.07) is 0. The Hall–Kier alpha value is -1.63. The maximum absolute atomic E-state index is 11.5. The van der Waals surface area contributed by atoms with Crippen molar-refractivity contribution in [2.45, 2.75) is 26.3 Å². The van der Waals surface area contributed by atoms with Crippen LogP contribution >= 0.6 is 11.3 Å². The summed E-state index contributed by atoms with van der Waals surface area (Å²) in [7, 11) is 3.74. The fraction of sp³-hybridized carbons (Fsp3) is 0.643. The number of aryl methyl sites for hydroxylation is 1. The lowest BCUT2D eigenvalue weighted by Gasteiger charge is -2.21. The minimum absolute atomic E-state index is 0.179. The Morgan fingerprint density at radius 2 is 2.19 bits per heavy atom. The molecule has 6 nitrogen and oxygen atoms in total. The van der Waals surface area contributed by atoms with E-state index in [1.807, 2.05) is 18.9 Å². The lowest BCUT2D eigenvalue weighted by atomic mass is 10.4. The molecule has 0 atom stereocenters. The maximum atomic E-state index is 11.5. The van der Waals surface area contributed by atoms with Crippen molar-refractivity contribution < 1.29 is 4.79 Å². The first-order valence-electron chi connectivity index (χ1n) is 7.20. The minimum atomic E-state index is 0.179. The van der Waals surface area contributed by atoms with Gasteiger partial charge in [0, 0.05) is 38.5 Å². The van der Waals surface area contributed by atoms with Gasteiger partial charge in [0.1, 0.15) is 0 Å². The van der Waals surface area contributed by atoms with Gasteiger partial charge < -0.3 is 15.5 Å². The van der Waals surface area contributed by atoms with E-state index in [4.69, 9.17) is 0 Å². The third-order valence-corrected chi connectivity index (χ3v) is 4.12. The molecule has 0 unspecified atom stereocenters. The highest BCUT2D eigenvalue weighted by Crippen LogP contribution is 2.28. The standard InChI is InChI=1S/C14H23N5OS/c1-10-18-12(9-21-10)8-19(3)14(15-2)17-7-6-16-13(20)11-4-5-11/h9,11H,4-8H2,1-3H3,(H,15,17)(H,16,20). The summed E-state index contributed by atoms with van der Waals surface area (Å²) >= 11 is 1.65. The van der Waals surface area contributed by atoms with Gasteiger partial charge >= 0.3 is 0 Å². The molecule has 0 radical (unpaired) electrons. The Kier molecular flexibility index (Phi) is 5.55. The predicted molar refractivity (Wildman–Crippen MR) is 85.4 cm³/mol. The number of nitrogens with zero attached hydrogens (tertiary/aromatic N) is 3. The van der Waals surface area contributed by atoms with E-state index < -0.39 is 0 Å². The largest absolute Gasteiger partial charge is 0.354 e. The van der Waals surface area contributed by atoms with Crippen LogP contribution in [-0.2, 0) is 11.3 Å². The van der Waals surface area contributed by atoms with Crippen molar-refractivity contribution in [1.29, 1.82) is 0 Å². The zero-order valence-corrected chi connectivity index (χ0v) is 13.7. The molecule has 21 heavy (non-hydrogen) atoms. The van der Waals surface area contributed by atoms with E-state index >= 15 is 0 Å². The van der Waals surface area contributed by atoms with Gasteiger partial charge in [-0.15, -0.1) is 11.3 Å². The Bertz CT molecular complexity index is 509. The molecule has 0 bridgehead atoms. The monoisotopic (exact) mass is 309 g/mol. The molecule has 1 heterocycles. The number of carbonyl (C=O) groups excluding carboxylic acids is 1. The number of amides is 1. The minimum Gasteiger partial charge on any atom is -0.354 e. The molecule has 1 aliphatic carbocycles. The first-order chi connectivity index (χ1) is 10.1. The van der Waals surface area contributed by atoms with Crippen molar-refractivity contribution in [3.8, 4) is 0 Å². The molecule has 1 aromatic heterocycles. The average Bonchev–Trinajstić information content (AvgIpc) is 3.23. The summed E-state index contributed by atoms with van der Waals surface area (Å²) in [5, 5.41) is 9.32. The Morgan fingerprint density at radius 3 is 2.76 bits per heavy atom. The third-order valence-electron chi connectivity index (χ3n) is 3.29. The molecule has 1 aromatic rings. The molecule has 0 aliphatic heterocycles. The van der Waals surface area contributed by atoms with Gasteiger partial charge in [-0.05, 0) is 19.8 Å². The SMILES string of the molecule is CN=C(NCCNC(=O)C1CC1)N(C)Cc1csc(C)n1. The molecular formula is C14H23N5OS. The Labute approximate surface area is 129 Å². The first kappa shape index (κ1) is 15.8. The van der Waals surface area contributed by atoms with Gasteiger partial charge in [0.25, 0.3) is 0 Å². The van der Waals surface area contributed by atoms with Crippen LogP contribution in [0.5, 0.6) is 0 Å². The highest BCUT2D eigenvalue weighted by Gasteiger charge is 2.28. The maximum Gasteiger partial charge on any atom is 0.223 e. The smallest absolute Gasteiger partial charge is 0.223 e. The fourth-order valence-electron chi connectivity index (χ4n) is 2.03. The molecule has 116 valence electrons. The molecule has 1 saturated carbocycles. The second-order valence-corrected chi connectivity index (χ2v) is 6.32. The number of carbonyl (C=O) groups is 1. The van der Waals surface area contributed by atoms with E-state index in [2.05, 4.69) is 26.0 Å². The lowest BCUT2D eigenvalue weighted by molar-refractivity contribution is -0.122. The highest BCUT2D eigenvalue weighted by molar-refractivity contribution is 7.09. The van der Waals surface area contributed by atoms with Crippen LogP contribution in [0.2, 0.25) is 0 Å². The van der Waals surface area contributed by atoms with Gasteiger partial charge in [-0.3, -0.25) is 9.79 Å². The van der Waals surface area contributed by atoms with E-state index in [1.165, 1.54) is 0 Å². The van der Waals surface area contributed by atoms with Crippen LogP contribution in [0.15, 0.2) is 10.4 Å². The number of thiazole rings is 1. The quantitative estimate of drug-likeness (QED) is 0.467.